The SMILES string of the molecule is N#Cc1cc(F)c(-n2c3ccccc3c3ccccc32)cc1C#N. The van der Waals surface area contributed by atoms with Crippen LogP contribution in [-0.2, 0) is 0 Å². The minimum atomic E-state index is -0.531. The summed E-state index contributed by atoms with van der Waals surface area (Å²) in [5.41, 5.74) is 2.18. The van der Waals surface area contributed by atoms with Crippen molar-refractivity contribution in [2.45, 2.75) is 0 Å². The van der Waals surface area contributed by atoms with E-state index < -0.39 is 5.82 Å². The lowest BCUT2D eigenvalue weighted by atomic mass is 10.1. The van der Waals surface area contributed by atoms with E-state index in [-0.39, 0.29) is 16.8 Å². The third kappa shape index (κ3) is 1.87. The quantitative estimate of drug-likeness (QED) is 0.513. The topological polar surface area (TPSA) is 52.5 Å². The summed E-state index contributed by atoms with van der Waals surface area (Å²) in [5.74, 6) is -0.531. The molecule has 0 aliphatic carbocycles. The van der Waals surface area contributed by atoms with Gasteiger partial charge in [0.25, 0.3) is 0 Å². The number of para-hydroxylation sites is 2. The zero-order valence-corrected chi connectivity index (χ0v) is 12.5. The van der Waals surface area contributed by atoms with E-state index in [2.05, 4.69) is 0 Å². The molecule has 0 atom stereocenters. The lowest BCUT2D eigenvalue weighted by Gasteiger charge is -2.10. The van der Waals surface area contributed by atoms with E-state index in [9.17, 15) is 9.65 Å². The average molecular weight is 311 g/mol. The van der Waals surface area contributed by atoms with Gasteiger partial charge in [-0.3, -0.25) is 0 Å². The van der Waals surface area contributed by atoms with Gasteiger partial charge in [0.15, 0.2) is 0 Å². The maximum absolute atomic E-state index is 14.7. The van der Waals surface area contributed by atoms with Gasteiger partial charge in [-0.25, -0.2) is 4.39 Å². The fourth-order valence-electron chi connectivity index (χ4n) is 3.10. The highest BCUT2D eigenvalue weighted by atomic mass is 19.1. The molecule has 0 radical (unpaired) electrons. The van der Waals surface area contributed by atoms with Gasteiger partial charge in [-0.05, 0) is 24.3 Å². The van der Waals surface area contributed by atoms with Gasteiger partial charge < -0.3 is 4.57 Å². The van der Waals surface area contributed by atoms with Crippen molar-refractivity contribution in [2.24, 2.45) is 0 Å². The second-order valence-electron chi connectivity index (χ2n) is 5.44. The van der Waals surface area contributed by atoms with Gasteiger partial charge in [0.1, 0.15) is 18.0 Å². The summed E-state index contributed by atoms with van der Waals surface area (Å²) in [7, 11) is 0. The zero-order valence-electron chi connectivity index (χ0n) is 12.5. The van der Waals surface area contributed by atoms with Crippen LogP contribution < -0.4 is 0 Å². The van der Waals surface area contributed by atoms with E-state index in [1.165, 1.54) is 6.07 Å². The van der Waals surface area contributed by atoms with Gasteiger partial charge >= 0.3 is 0 Å². The first-order valence-electron chi connectivity index (χ1n) is 7.37. The molecule has 0 amide bonds. The van der Waals surface area contributed by atoms with E-state index in [0.29, 0.717) is 0 Å². The molecule has 112 valence electrons. The molecule has 1 aromatic heterocycles. The van der Waals surface area contributed by atoms with E-state index in [0.717, 1.165) is 27.9 Å². The third-order valence-corrected chi connectivity index (χ3v) is 4.15. The first-order chi connectivity index (χ1) is 11.7. The fourth-order valence-corrected chi connectivity index (χ4v) is 3.10. The van der Waals surface area contributed by atoms with E-state index in [4.69, 9.17) is 5.26 Å². The van der Waals surface area contributed by atoms with Crippen molar-refractivity contribution in [1.82, 2.24) is 4.57 Å². The molecule has 3 nitrogen and oxygen atoms in total. The van der Waals surface area contributed by atoms with E-state index >= 15 is 0 Å². The van der Waals surface area contributed by atoms with Crippen LogP contribution in [-0.4, -0.2) is 4.57 Å². The predicted molar refractivity (Wildman–Crippen MR) is 90.2 cm³/mol. The molecule has 24 heavy (non-hydrogen) atoms. The molecule has 4 aromatic rings. The Morgan fingerprint density at radius 1 is 0.750 bits per heavy atom. The third-order valence-electron chi connectivity index (χ3n) is 4.15. The highest BCUT2D eigenvalue weighted by Gasteiger charge is 2.16. The number of benzene rings is 3. The molecular weight excluding hydrogens is 301 g/mol. The molecule has 0 bridgehead atoms. The summed E-state index contributed by atoms with van der Waals surface area (Å²) < 4.78 is 16.5. The average Bonchev–Trinajstić information content (AvgIpc) is 2.96. The number of halogens is 1. The second kappa shape index (κ2) is 5.22. The van der Waals surface area contributed by atoms with Crippen molar-refractivity contribution in [3.63, 3.8) is 0 Å². The van der Waals surface area contributed by atoms with Crippen molar-refractivity contribution in [3.8, 4) is 17.8 Å². The lowest BCUT2D eigenvalue weighted by Crippen LogP contribution is -2.00. The maximum atomic E-state index is 14.7. The van der Waals surface area contributed by atoms with Crippen LogP contribution >= 0.6 is 0 Å². The molecule has 0 N–H and O–H groups in total. The molecule has 0 saturated heterocycles. The van der Waals surface area contributed by atoms with Crippen LogP contribution in [0.5, 0.6) is 0 Å². The summed E-state index contributed by atoms with van der Waals surface area (Å²) in [6, 6.07) is 21.9. The van der Waals surface area contributed by atoms with Crippen LogP contribution in [0.25, 0.3) is 27.5 Å². The number of fused-ring (bicyclic) bond motifs is 3. The molecule has 0 unspecified atom stereocenters. The zero-order chi connectivity index (χ0) is 16.7. The number of nitriles is 2. The Kier molecular flexibility index (Phi) is 3.05. The van der Waals surface area contributed by atoms with Gasteiger partial charge in [0.05, 0.1) is 27.8 Å². The summed E-state index contributed by atoms with van der Waals surface area (Å²) >= 11 is 0. The van der Waals surface area contributed by atoms with Crippen molar-refractivity contribution in [2.75, 3.05) is 0 Å². The summed E-state index contributed by atoms with van der Waals surface area (Å²) in [6.07, 6.45) is 0. The van der Waals surface area contributed by atoms with Gasteiger partial charge in [-0.1, -0.05) is 36.4 Å². The summed E-state index contributed by atoms with van der Waals surface area (Å²) in [4.78, 5) is 0. The molecule has 1 heterocycles. The maximum Gasteiger partial charge on any atom is 0.148 e. The molecule has 0 aliphatic rings. The Morgan fingerprint density at radius 2 is 1.25 bits per heavy atom. The molecular formula is C20H10FN3. The molecule has 0 aliphatic heterocycles. The van der Waals surface area contributed by atoms with E-state index in [1.807, 2.05) is 60.7 Å². The molecule has 0 spiro atoms. The standard InChI is InChI=1S/C20H10FN3/c21-17-9-13(11-22)14(12-23)10-20(17)24-18-7-3-1-5-15(18)16-6-2-4-8-19(16)24/h1-10H. The summed E-state index contributed by atoms with van der Waals surface area (Å²) in [5, 5.41) is 20.3. The van der Waals surface area contributed by atoms with Gasteiger partial charge in [-0.15, -0.1) is 0 Å². The Balaban J connectivity index is 2.18. The van der Waals surface area contributed by atoms with Gasteiger partial charge in [-0.2, -0.15) is 10.5 Å². The highest BCUT2D eigenvalue weighted by molar-refractivity contribution is 6.09. The van der Waals surface area contributed by atoms with Crippen LogP contribution in [0.2, 0.25) is 0 Å². The monoisotopic (exact) mass is 311 g/mol. The van der Waals surface area contributed by atoms with Crippen LogP contribution in [0.3, 0.4) is 0 Å². The lowest BCUT2D eigenvalue weighted by molar-refractivity contribution is 0.620. The van der Waals surface area contributed by atoms with Crippen molar-refractivity contribution < 1.29 is 4.39 Å². The van der Waals surface area contributed by atoms with Crippen LogP contribution in [0.15, 0.2) is 60.7 Å². The normalized spacial score (nSPS) is 10.6. The number of aromatic nitrogens is 1. The van der Waals surface area contributed by atoms with Crippen molar-refractivity contribution in [1.29, 1.82) is 10.5 Å². The summed E-state index contributed by atoms with van der Waals surface area (Å²) in [6.45, 7) is 0. The van der Waals surface area contributed by atoms with Gasteiger partial charge in [0.2, 0.25) is 0 Å². The molecule has 4 heteroatoms. The minimum Gasteiger partial charge on any atom is -0.306 e. The molecule has 0 saturated carbocycles. The Hall–Kier alpha value is -3.63. The number of hydrogen-bond donors (Lipinski definition) is 0. The van der Waals surface area contributed by atoms with Crippen LogP contribution in [0.4, 0.5) is 4.39 Å². The van der Waals surface area contributed by atoms with Crippen molar-refractivity contribution >= 4 is 21.8 Å². The molecule has 0 fully saturated rings. The molecule has 3 aromatic carbocycles. The molecule has 4 rings (SSSR count). The largest absolute Gasteiger partial charge is 0.306 e. The number of hydrogen-bond acceptors (Lipinski definition) is 2. The fraction of sp³-hybridized carbons (Fsp3) is 0. The van der Waals surface area contributed by atoms with E-state index in [1.54, 1.807) is 4.57 Å². The van der Waals surface area contributed by atoms with Crippen molar-refractivity contribution in [3.05, 3.63) is 77.6 Å². The smallest absolute Gasteiger partial charge is 0.148 e. The number of rotatable bonds is 1. The highest BCUT2D eigenvalue weighted by Crippen LogP contribution is 2.33. The number of nitrogens with zero attached hydrogens (tertiary/aromatic N) is 3. The first-order valence-corrected chi connectivity index (χ1v) is 7.37. The second-order valence-corrected chi connectivity index (χ2v) is 5.44. The first kappa shape index (κ1) is 14.0. The van der Waals surface area contributed by atoms with Crippen LogP contribution in [0.1, 0.15) is 11.1 Å². The Morgan fingerprint density at radius 3 is 1.79 bits per heavy atom. The van der Waals surface area contributed by atoms with Crippen LogP contribution in [0, 0.1) is 28.5 Å². The van der Waals surface area contributed by atoms with Gasteiger partial charge in [0, 0.05) is 10.8 Å². The Labute approximate surface area is 137 Å². The minimum absolute atomic E-state index is 0.0412. The Bertz CT molecular complexity index is 1140. The predicted octanol–water partition coefficient (Wildman–Crippen LogP) is 4.67.